The van der Waals surface area contributed by atoms with Crippen molar-refractivity contribution in [3.63, 3.8) is 0 Å². The molecule has 86 valence electrons. The van der Waals surface area contributed by atoms with E-state index in [-0.39, 0.29) is 4.90 Å². The molecule has 4 heteroatoms. The summed E-state index contributed by atoms with van der Waals surface area (Å²) < 4.78 is 33.9. The number of hydrogen-bond donors (Lipinski definition) is 0. The average molecular weight is 232 g/mol. The highest BCUT2D eigenvalue weighted by Gasteiger charge is 2.04. The van der Waals surface area contributed by atoms with Crippen molar-refractivity contribution in [3.05, 3.63) is 43.2 Å². The van der Waals surface area contributed by atoms with E-state index in [4.69, 9.17) is 0 Å². The Kier molecular flexibility index (Phi) is 8.87. The highest BCUT2D eigenvalue weighted by Crippen LogP contribution is 2.08. The lowest BCUT2D eigenvalue weighted by molar-refractivity contribution is 0.600. The molecule has 1 aromatic carbocycles. The molecule has 0 fully saturated rings. The Morgan fingerprint density at radius 2 is 1.40 bits per heavy atom. The summed E-state index contributed by atoms with van der Waals surface area (Å²) in [5.74, 6) is -0.433. The van der Waals surface area contributed by atoms with Crippen LogP contribution in [0.3, 0.4) is 0 Å². The van der Waals surface area contributed by atoms with E-state index in [1.807, 2.05) is 13.8 Å². The summed E-state index contributed by atoms with van der Waals surface area (Å²) in [6.45, 7) is 10.0. The minimum atomic E-state index is -3.19. The quantitative estimate of drug-likeness (QED) is 0.551. The van der Waals surface area contributed by atoms with Crippen LogP contribution in [0.4, 0.5) is 4.39 Å². The Labute approximate surface area is 91.4 Å². The zero-order valence-electron chi connectivity index (χ0n) is 9.33. The van der Waals surface area contributed by atoms with Gasteiger partial charge in [0.25, 0.3) is 0 Å². The maximum absolute atomic E-state index is 12.3. The molecule has 0 atom stereocenters. The molecule has 0 heterocycles. The van der Waals surface area contributed by atoms with Crippen LogP contribution in [0.2, 0.25) is 0 Å². The molecule has 0 N–H and O–H groups in total. The van der Waals surface area contributed by atoms with Crippen LogP contribution in [0.1, 0.15) is 13.8 Å². The fraction of sp³-hybridized carbons (Fsp3) is 0.273. The number of benzene rings is 1. The molecular formula is C11H17FO2S. The summed E-state index contributed by atoms with van der Waals surface area (Å²) in [6.07, 6.45) is 1.08. The van der Waals surface area contributed by atoms with Gasteiger partial charge in [-0.3, -0.25) is 0 Å². The molecule has 2 nitrogen and oxygen atoms in total. The van der Waals surface area contributed by atoms with Gasteiger partial charge in [-0.05, 0) is 24.3 Å². The maximum atomic E-state index is 12.3. The third-order valence-corrected chi connectivity index (χ3v) is 2.37. The molecule has 1 aromatic rings. The normalized spacial score (nSPS) is 9.07. The standard InChI is InChI=1S/C7H7FO2S.C2H6.C2H4/c1-11(9,10)7-4-2-6(8)3-5-7;2*1-2/h2-5H,1H3;1-2H3;1-2H2. The van der Waals surface area contributed by atoms with Crippen molar-refractivity contribution < 1.29 is 12.8 Å². The van der Waals surface area contributed by atoms with E-state index >= 15 is 0 Å². The molecule has 0 saturated heterocycles. The molecule has 0 aliphatic rings. The molecule has 1 rings (SSSR count). The van der Waals surface area contributed by atoms with E-state index in [0.717, 1.165) is 18.4 Å². The fourth-order valence-electron chi connectivity index (χ4n) is 0.682. The first-order chi connectivity index (χ1) is 7.00. The smallest absolute Gasteiger partial charge is 0.175 e. The molecule has 0 aliphatic heterocycles. The molecule has 0 spiro atoms. The Morgan fingerprint density at radius 3 is 1.67 bits per heavy atom. The molecule has 0 amide bonds. The van der Waals surface area contributed by atoms with Crippen LogP contribution in [0.25, 0.3) is 0 Å². The van der Waals surface area contributed by atoms with Gasteiger partial charge in [-0.15, -0.1) is 13.2 Å². The van der Waals surface area contributed by atoms with Gasteiger partial charge in [-0.25, -0.2) is 12.8 Å². The fourth-order valence-corrected chi connectivity index (χ4v) is 1.31. The Hall–Kier alpha value is -1.16. The number of hydrogen-bond acceptors (Lipinski definition) is 2. The second-order valence-electron chi connectivity index (χ2n) is 2.23. The maximum Gasteiger partial charge on any atom is 0.175 e. The first-order valence-electron chi connectivity index (χ1n) is 4.46. The largest absolute Gasteiger partial charge is 0.224 e. The monoisotopic (exact) mass is 232 g/mol. The molecular weight excluding hydrogens is 215 g/mol. The van der Waals surface area contributed by atoms with E-state index in [1.54, 1.807) is 0 Å². The third kappa shape index (κ3) is 6.85. The predicted molar refractivity (Wildman–Crippen MR) is 62.1 cm³/mol. The first kappa shape index (κ1) is 16.3. The average Bonchev–Trinajstić information content (AvgIpc) is 2.23. The summed E-state index contributed by atoms with van der Waals surface area (Å²) in [7, 11) is -3.19. The number of rotatable bonds is 1. The van der Waals surface area contributed by atoms with Crippen molar-refractivity contribution in [1.82, 2.24) is 0 Å². The molecule has 15 heavy (non-hydrogen) atoms. The van der Waals surface area contributed by atoms with Gasteiger partial charge in [0, 0.05) is 6.26 Å². The van der Waals surface area contributed by atoms with Crippen molar-refractivity contribution in [3.8, 4) is 0 Å². The van der Waals surface area contributed by atoms with E-state index < -0.39 is 15.7 Å². The second-order valence-corrected chi connectivity index (χ2v) is 4.24. The van der Waals surface area contributed by atoms with Crippen molar-refractivity contribution in [2.24, 2.45) is 0 Å². The van der Waals surface area contributed by atoms with Gasteiger partial charge in [0.2, 0.25) is 0 Å². The molecule has 0 unspecified atom stereocenters. The lowest BCUT2D eigenvalue weighted by atomic mass is 10.4. The molecule has 0 aromatic heterocycles. The Bertz CT molecular complexity index is 355. The zero-order chi connectivity index (χ0) is 12.5. The molecule has 0 aliphatic carbocycles. The SMILES string of the molecule is C=C.CC.CS(=O)(=O)c1ccc(F)cc1. The summed E-state index contributed by atoms with van der Waals surface area (Å²) in [5.41, 5.74) is 0. The van der Waals surface area contributed by atoms with Crippen molar-refractivity contribution in [2.45, 2.75) is 18.7 Å². The zero-order valence-corrected chi connectivity index (χ0v) is 10.1. The van der Waals surface area contributed by atoms with Crippen LogP contribution < -0.4 is 0 Å². The van der Waals surface area contributed by atoms with Gasteiger partial charge >= 0.3 is 0 Å². The summed E-state index contributed by atoms with van der Waals surface area (Å²) in [6, 6.07) is 4.72. The predicted octanol–water partition coefficient (Wildman–Crippen LogP) is 3.06. The van der Waals surface area contributed by atoms with Crippen LogP contribution in [0.5, 0.6) is 0 Å². The third-order valence-electron chi connectivity index (χ3n) is 1.24. The van der Waals surface area contributed by atoms with Gasteiger partial charge < -0.3 is 0 Å². The van der Waals surface area contributed by atoms with Gasteiger partial charge in [-0.2, -0.15) is 0 Å². The van der Waals surface area contributed by atoms with Gasteiger partial charge in [-0.1, -0.05) is 13.8 Å². The van der Waals surface area contributed by atoms with Gasteiger partial charge in [0.1, 0.15) is 5.82 Å². The van der Waals surface area contributed by atoms with E-state index in [1.165, 1.54) is 12.1 Å². The molecule has 0 bridgehead atoms. The summed E-state index contributed by atoms with van der Waals surface area (Å²) in [5, 5.41) is 0. The van der Waals surface area contributed by atoms with Crippen molar-refractivity contribution in [2.75, 3.05) is 6.26 Å². The van der Waals surface area contributed by atoms with E-state index in [2.05, 4.69) is 13.2 Å². The number of sulfone groups is 1. The van der Waals surface area contributed by atoms with Crippen LogP contribution in [0.15, 0.2) is 42.3 Å². The van der Waals surface area contributed by atoms with Gasteiger partial charge in [0.05, 0.1) is 4.90 Å². The van der Waals surface area contributed by atoms with Gasteiger partial charge in [0.15, 0.2) is 9.84 Å². The lowest BCUT2D eigenvalue weighted by Crippen LogP contribution is -1.96. The highest BCUT2D eigenvalue weighted by molar-refractivity contribution is 7.90. The number of halogens is 1. The highest BCUT2D eigenvalue weighted by atomic mass is 32.2. The Morgan fingerprint density at radius 1 is 1.07 bits per heavy atom. The minimum Gasteiger partial charge on any atom is -0.224 e. The molecule has 0 radical (unpaired) electrons. The van der Waals surface area contributed by atoms with Crippen LogP contribution >= 0.6 is 0 Å². The Balaban J connectivity index is 0. The van der Waals surface area contributed by atoms with E-state index in [0.29, 0.717) is 0 Å². The van der Waals surface area contributed by atoms with Crippen LogP contribution in [-0.4, -0.2) is 14.7 Å². The van der Waals surface area contributed by atoms with Crippen LogP contribution in [-0.2, 0) is 9.84 Å². The topological polar surface area (TPSA) is 34.1 Å². The van der Waals surface area contributed by atoms with Crippen LogP contribution in [0, 0.1) is 5.82 Å². The first-order valence-corrected chi connectivity index (χ1v) is 6.35. The molecule has 0 saturated carbocycles. The second kappa shape index (κ2) is 8.17. The van der Waals surface area contributed by atoms with Crippen molar-refractivity contribution in [1.29, 1.82) is 0 Å². The van der Waals surface area contributed by atoms with E-state index in [9.17, 15) is 12.8 Å². The lowest BCUT2D eigenvalue weighted by Gasteiger charge is -1.95. The summed E-state index contributed by atoms with van der Waals surface area (Å²) in [4.78, 5) is 0.138. The van der Waals surface area contributed by atoms with Crippen molar-refractivity contribution >= 4 is 9.84 Å². The summed E-state index contributed by atoms with van der Waals surface area (Å²) >= 11 is 0. The minimum absolute atomic E-state index is 0.138.